The Hall–Kier alpha value is -1.45. The molecule has 0 heterocycles. The van der Waals surface area contributed by atoms with Crippen LogP contribution < -0.4 is 5.73 Å². The van der Waals surface area contributed by atoms with Crippen molar-refractivity contribution in [1.82, 2.24) is 0 Å². The molecular weight excluding hydrogens is 244 g/mol. The maximum Gasteiger partial charge on any atom is 0.146 e. The molecule has 0 spiro atoms. The fourth-order valence-electron chi connectivity index (χ4n) is 1.64. The molecule has 2 aromatic rings. The Kier molecular flexibility index (Phi) is 3.41. The van der Waals surface area contributed by atoms with Crippen molar-refractivity contribution in [2.45, 2.75) is 6.04 Å². The van der Waals surface area contributed by atoms with Gasteiger partial charge in [-0.1, -0.05) is 35.9 Å². The molecule has 0 aliphatic carbocycles. The van der Waals surface area contributed by atoms with Crippen molar-refractivity contribution in [2.75, 3.05) is 0 Å². The van der Waals surface area contributed by atoms with Crippen molar-refractivity contribution < 1.29 is 8.78 Å². The van der Waals surface area contributed by atoms with Crippen LogP contribution in [0.25, 0.3) is 0 Å². The smallest absolute Gasteiger partial charge is 0.146 e. The largest absolute Gasteiger partial charge is 0.320 e. The number of halogens is 3. The summed E-state index contributed by atoms with van der Waals surface area (Å²) in [6.07, 6.45) is 0. The van der Waals surface area contributed by atoms with Gasteiger partial charge in [-0.15, -0.1) is 0 Å². The highest BCUT2D eigenvalue weighted by molar-refractivity contribution is 6.30. The number of nitrogens with two attached hydrogens (primary N) is 1. The van der Waals surface area contributed by atoms with Crippen molar-refractivity contribution >= 4 is 11.6 Å². The van der Waals surface area contributed by atoms with Crippen LogP contribution in [-0.2, 0) is 0 Å². The first-order valence-electron chi connectivity index (χ1n) is 5.04. The van der Waals surface area contributed by atoms with Gasteiger partial charge < -0.3 is 5.73 Å². The third-order valence-corrected chi connectivity index (χ3v) is 2.82. The predicted octanol–water partition coefficient (Wildman–Crippen LogP) is 3.67. The minimum Gasteiger partial charge on any atom is -0.320 e. The molecule has 0 aliphatic heterocycles. The van der Waals surface area contributed by atoms with E-state index in [1.807, 2.05) is 0 Å². The normalized spacial score (nSPS) is 12.5. The van der Waals surface area contributed by atoms with Crippen LogP contribution in [0.1, 0.15) is 17.2 Å². The minimum absolute atomic E-state index is 0.00866. The molecule has 0 bridgehead atoms. The second-order valence-electron chi connectivity index (χ2n) is 3.68. The van der Waals surface area contributed by atoms with Crippen LogP contribution in [-0.4, -0.2) is 0 Å². The Balaban J connectivity index is 2.44. The van der Waals surface area contributed by atoms with Crippen LogP contribution in [0.4, 0.5) is 8.78 Å². The Morgan fingerprint density at radius 1 is 1.06 bits per heavy atom. The highest BCUT2D eigenvalue weighted by Crippen LogP contribution is 2.26. The molecule has 0 aromatic heterocycles. The third-order valence-electron chi connectivity index (χ3n) is 2.52. The molecule has 0 aliphatic rings. The van der Waals surface area contributed by atoms with Crippen LogP contribution >= 0.6 is 11.6 Å². The van der Waals surface area contributed by atoms with Gasteiger partial charge in [-0.2, -0.15) is 0 Å². The maximum absolute atomic E-state index is 13.7. The lowest BCUT2D eigenvalue weighted by molar-refractivity contribution is 0.596. The molecule has 2 aromatic carbocycles. The predicted molar refractivity (Wildman–Crippen MR) is 63.8 cm³/mol. The van der Waals surface area contributed by atoms with Gasteiger partial charge in [0.25, 0.3) is 0 Å². The van der Waals surface area contributed by atoms with Gasteiger partial charge in [-0.3, -0.25) is 0 Å². The second kappa shape index (κ2) is 4.82. The first-order chi connectivity index (χ1) is 8.09. The fraction of sp³-hybridized carbons (Fsp3) is 0.0769. The summed E-state index contributed by atoms with van der Waals surface area (Å²) < 4.78 is 26.8. The third kappa shape index (κ3) is 2.46. The molecule has 88 valence electrons. The molecule has 1 atom stereocenters. The Labute approximate surface area is 103 Å². The molecule has 2 N–H and O–H groups in total. The zero-order valence-electron chi connectivity index (χ0n) is 8.83. The highest BCUT2D eigenvalue weighted by atomic mass is 35.5. The van der Waals surface area contributed by atoms with Gasteiger partial charge in [0.15, 0.2) is 0 Å². The van der Waals surface area contributed by atoms with E-state index < -0.39 is 17.7 Å². The molecule has 1 unspecified atom stereocenters. The lowest BCUT2D eigenvalue weighted by Crippen LogP contribution is -2.14. The molecule has 0 amide bonds. The standard InChI is InChI=1S/C13H10ClF2N/c14-11-6-2-5-10(12(11)16)13(17)8-3-1-4-9(15)7-8/h1-7,13H,17H2. The van der Waals surface area contributed by atoms with Crippen molar-refractivity contribution in [3.8, 4) is 0 Å². The van der Waals surface area contributed by atoms with Gasteiger partial charge in [-0.25, -0.2) is 8.78 Å². The minimum atomic E-state index is -0.732. The average molecular weight is 254 g/mol. The van der Waals surface area contributed by atoms with E-state index in [0.29, 0.717) is 5.56 Å². The summed E-state index contributed by atoms with van der Waals surface area (Å²) in [5, 5.41) is 0.00866. The van der Waals surface area contributed by atoms with E-state index in [9.17, 15) is 8.78 Å². The summed E-state index contributed by atoms with van der Waals surface area (Å²) in [7, 11) is 0. The van der Waals surface area contributed by atoms with Crippen LogP contribution in [0.2, 0.25) is 5.02 Å². The van der Waals surface area contributed by atoms with Crippen LogP contribution in [0.3, 0.4) is 0 Å². The highest BCUT2D eigenvalue weighted by Gasteiger charge is 2.15. The Bertz CT molecular complexity index is 543. The maximum atomic E-state index is 13.7. The summed E-state index contributed by atoms with van der Waals surface area (Å²) in [5.41, 5.74) is 6.65. The monoisotopic (exact) mass is 253 g/mol. The molecule has 1 nitrogen and oxygen atoms in total. The quantitative estimate of drug-likeness (QED) is 0.868. The fourth-order valence-corrected chi connectivity index (χ4v) is 1.82. The van der Waals surface area contributed by atoms with Crippen LogP contribution in [0, 0.1) is 11.6 Å². The summed E-state index contributed by atoms with van der Waals surface area (Å²) in [6.45, 7) is 0. The second-order valence-corrected chi connectivity index (χ2v) is 4.08. The number of hydrogen-bond donors (Lipinski definition) is 1. The van der Waals surface area contributed by atoms with Gasteiger partial charge in [0.2, 0.25) is 0 Å². The summed E-state index contributed by atoms with van der Waals surface area (Å²) >= 11 is 5.67. The number of hydrogen-bond acceptors (Lipinski definition) is 1. The van der Waals surface area contributed by atoms with E-state index in [-0.39, 0.29) is 10.6 Å². The number of rotatable bonds is 2. The molecule has 0 radical (unpaired) electrons. The van der Waals surface area contributed by atoms with Gasteiger partial charge >= 0.3 is 0 Å². The Morgan fingerprint density at radius 2 is 1.76 bits per heavy atom. The molecule has 0 fully saturated rings. The topological polar surface area (TPSA) is 26.0 Å². The molecule has 0 saturated carbocycles. The van der Waals surface area contributed by atoms with Crippen molar-refractivity contribution in [2.24, 2.45) is 5.73 Å². The van der Waals surface area contributed by atoms with Crippen LogP contribution in [0.5, 0.6) is 0 Å². The molecule has 17 heavy (non-hydrogen) atoms. The van der Waals surface area contributed by atoms with E-state index >= 15 is 0 Å². The van der Waals surface area contributed by atoms with Gasteiger partial charge in [0.1, 0.15) is 11.6 Å². The first-order valence-corrected chi connectivity index (χ1v) is 5.42. The van der Waals surface area contributed by atoms with Crippen molar-refractivity contribution in [1.29, 1.82) is 0 Å². The number of benzene rings is 2. The zero-order valence-corrected chi connectivity index (χ0v) is 9.59. The van der Waals surface area contributed by atoms with E-state index in [0.717, 1.165) is 0 Å². The van der Waals surface area contributed by atoms with Gasteiger partial charge in [0.05, 0.1) is 11.1 Å². The summed E-state index contributed by atoms with van der Waals surface area (Å²) in [6, 6.07) is 9.64. The van der Waals surface area contributed by atoms with E-state index in [1.165, 1.54) is 30.3 Å². The SMILES string of the molecule is NC(c1cccc(F)c1)c1cccc(Cl)c1F. The average Bonchev–Trinajstić information content (AvgIpc) is 2.32. The Morgan fingerprint density at radius 3 is 2.47 bits per heavy atom. The molecule has 4 heteroatoms. The molecular formula is C13H10ClF2N. The van der Waals surface area contributed by atoms with E-state index in [4.69, 9.17) is 17.3 Å². The summed E-state index contributed by atoms with van der Waals surface area (Å²) in [4.78, 5) is 0. The van der Waals surface area contributed by atoms with Gasteiger partial charge in [-0.05, 0) is 23.8 Å². The van der Waals surface area contributed by atoms with Crippen LogP contribution in [0.15, 0.2) is 42.5 Å². The lowest BCUT2D eigenvalue weighted by atomic mass is 9.99. The first kappa shape index (κ1) is 12.0. The zero-order chi connectivity index (χ0) is 12.4. The van der Waals surface area contributed by atoms with Crippen molar-refractivity contribution in [3.05, 3.63) is 70.2 Å². The van der Waals surface area contributed by atoms with E-state index in [1.54, 1.807) is 12.1 Å². The molecule has 0 saturated heterocycles. The lowest BCUT2D eigenvalue weighted by Gasteiger charge is -2.14. The summed E-state index contributed by atoms with van der Waals surface area (Å²) in [5.74, 6) is -0.966. The molecule has 2 rings (SSSR count). The van der Waals surface area contributed by atoms with Crippen molar-refractivity contribution in [3.63, 3.8) is 0 Å². The van der Waals surface area contributed by atoms with E-state index in [2.05, 4.69) is 0 Å². The van der Waals surface area contributed by atoms with Gasteiger partial charge in [0, 0.05) is 5.56 Å².